The highest BCUT2D eigenvalue weighted by Crippen LogP contribution is 2.44. The summed E-state index contributed by atoms with van der Waals surface area (Å²) in [5.74, 6) is 0. The number of rotatable bonds is 3. The summed E-state index contributed by atoms with van der Waals surface area (Å²) in [6.45, 7) is 63.2. The summed E-state index contributed by atoms with van der Waals surface area (Å²) in [6.07, 6.45) is 13.1. The van der Waals surface area contributed by atoms with Crippen LogP contribution in [-0.4, -0.2) is 49.9 Å². The molecular formula is C100H150N11+3. The van der Waals surface area contributed by atoms with Gasteiger partial charge in [0.1, 0.15) is 34.6 Å². The van der Waals surface area contributed by atoms with Crippen molar-refractivity contribution in [3.05, 3.63) is 271 Å². The molecule has 0 aliphatic carbocycles. The molecule has 111 heavy (non-hydrogen) atoms. The molecule has 6 aromatic heterocycles. The molecule has 8 heterocycles. The molecular weight excluding hydrogens is 1360 g/mol. The van der Waals surface area contributed by atoms with Crippen LogP contribution in [0.5, 0.6) is 0 Å². The van der Waals surface area contributed by atoms with Crippen molar-refractivity contribution in [2.75, 3.05) is 28.8 Å². The molecule has 0 amide bonds. The summed E-state index contributed by atoms with van der Waals surface area (Å²) >= 11 is 0. The maximum atomic E-state index is 4.70. The van der Waals surface area contributed by atoms with Crippen molar-refractivity contribution in [1.29, 1.82) is 0 Å². The van der Waals surface area contributed by atoms with Crippen LogP contribution in [0.2, 0.25) is 0 Å². The fraction of sp³-hybridized carbons (Fsp3) is 0.380. The molecule has 0 saturated carbocycles. The number of nitrogens with zero attached hydrogens (tertiary/aromatic N) is 11. The topological polar surface area (TPSA) is 51.2 Å². The highest BCUT2D eigenvalue weighted by molar-refractivity contribution is 6.13. The minimum atomic E-state index is 0.350. The first-order chi connectivity index (χ1) is 54.2. The van der Waals surface area contributed by atoms with Gasteiger partial charge in [-0.15, -0.1) is 18.6 Å². The van der Waals surface area contributed by atoms with Gasteiger partial charge in [0, 0.05) is 72.4 Å². The van der Waals surface area contributed by atoms with Crippen molar-refractivity contribution >= 4 is 88.4 Å². The van der Waals surface area contributed by atoms with E-state index in [1.54, 1.807) is 0 Å². The molecule has 602 valence electrons. The van der Waals surface area contributed by atoms with E-state index in [4.69, 9.17) is 4.98 Å². The van der Waals surface area contributed by atoms with E-state index in [1.165, 1.54) is 116 Å². The number of hydrogen-bond acceptors (Lipinski definition) is 5. The Morgan fingerprint density at radius 2 is 0.784 bits per heavy atom. The third kappa shape index (κ3) is 24.1. The summed E-state index contributed by atoms with van der Waals surface area (Å²) in [5.41, 5.74) is 21.4. The fourth-order valence-corrected chi connectivity index (χ4v) is 12.8. The quantitative estimate of drug-likeness (QED) is 0.130. The lowest BCUT2D eigenvalue weighted by Crippen LogP contribution is -2.36. The lowest BCUT2D eigenvalue weighted by molar-refractivity contribution is -0.744. The average Bonchev–Trinajstić information content (AvgIpc) is 1.60. The normalized spacial score (nSPS) is 11.9. The van der Waals surface area contributed by atoms with Crippen LogP contribution in [-0.2, 0) is 21.1 Å². The predicted octanol–water partition coefficient (Wildman–Crippen LogP) is 27.7. The largest absolute Gasteiger partial charge is 0.359 e. The van der Waals surface area contributed by atoms with E-state index in [2.05, 4.69) is 349 Å². The van der Waals surface area contributed by atoms with E-state index in [1.807, 2.05) is 192 Å². The molecule has 2 atom stereocenters. The van der Waals surface area contributed by atoms with E-state index >= 15 is 0 Å². The summed E-state index contributed by atoms with van der Waals surface area (Å²) in [6, 6.07) is 72.5. The number of benzene rings is 8. The molecule has 0 fully saturated rings. The van der Waals surface area contributed by atoms with Gasteiger partial charge >= 0.3 is 0 Å². The summed E-state index contributed by atoms with van der Waals surface area (Å²) in [7, 11) is 10.5. The summed E-state index contributed by atoms with van der Waals surface area (Å²) in [5, 5.41) is 6.37. The van der Waals surface area contributed by atoms with E-state index < -0.39 is 0 Å². The zero-order valence-corrected chi connectivity index (χ0v) is 76.2. The second-order valence-corrected chi connectivity index (χ2v) is 23.1. The number of anilines is 4. The van der Waals surface area contributed by atoms with Crippen LogP contribution in [0.15, 0.2) is 243 Å². The minimum Gasteiger partial charge on any atom is -0.359 e. The number of para-hydroxylation sites is 9. The van der Waals surface area contributed by atoms with Gasteiger partial charge in [0.15, 0.2) is 37.5 Å². The minimum absolute atomic E-state index is 0.350. The van der Waals surface area contributed by atoms with Gasteiger partial charge in [0.2, 0.25) is 0 Å². The van der Waals surface area contributed by atoms with Gasteiger partial charge < -0.3 is 19.6 Å². The Hall–Kier alpha value is -10.3. The van der Waals surface area contributed by atoms with Gasteiger partial charge in [-0.3, -0.25) is 4.98 Å². The Morgan fingerprint density at radius 3 is 1.30 bits per heavy atom. The molecule has 0 spiro atoms. The lowest BCUT2D eigenvalue weighted by Gasteiger charge is -2.28. The number of hydrogen-bond donors (Lipinski definition) is 0. The van der Waals surface area contributed by atoms with Crippen LogP contribution in [0.1, 0.15) is 208 Å². The summed E-state index contributed by atoms with van der Waals surface area (Å²) in [4.78, 5) is 13.9. The first kappa shape index (κ1) is 101. The molecule has 2 aliphatic heterocycles. The maximum Gasteiger partial charge on any atom is 0.297 e. The zero-order chi connectivity index (χ0) is 84.6. The van der Waals surface area contributed by atoms with Crippen molar-refractivity contribution in [2.45, 2.75) is 227 Å². The number of aromatic nitrogens is 7. The van der Waals surface area contributed by atoms with E-state index in [-0.39, 0.29) is 0 Å². The highest BCUT2D eigenvalue weighted by Gasteiger charge is 2.32. The Balaban J connectivity index is 0.00000129. The molecule has 14 aromatic rings. The summed E-state index contributed by atoms with van der Waals surface area (Å²) < 4.78 is 13.3. The third-order valence-electron chi connectivity index (χ3n) is 17.6. The van der Waals surface area contributed by atoms with Crippen LogP contribution in [0.3, 0.4) is 0 Å². The Morgan fingerprint density at radius 1 is 0.342 bits per heavy atom. The number of imidazole rings is 1. The fourth-order valence-electron chi connectivity index (χ4n) is 12.8. The maximum absolute atomic E-state index is 4.70. The average molecular weight is 1510 g/mol. The van der Waals surface area contributed by atoms with Crippen molar-refractivity contribution < 1.29 is 13.9 Å². The van der Waals surface area contributed by atoms with E-state index in [9.17, 15) is 0 Å². The molecule has 0 saturated heterocycles. The van der Waals surface area contributed by atoms with Crippen molar-refractivity contribution in [3.63, 3.8) is 0 Å². The van der Waals surface area contributed by atoms with E-state index in [0.717, 1.165) is 5.52 Å². The highest BCUT2D eigenvalue weighted by atomic mass is 15.4. The van der Waals surface area contributed by atoms with Crippen LogP contribution < -0.4 is 28.6 Å². The van der Waals surface area contributed by atoms with E-state index in [0.29, 0.717) is 12.3 Å². The molecule has 16 rings (SSSR count). The molecule has 2 aliphatic rings. The first-order valence-corrected chi connectivity index (χ1v) is 42.1. The smallest absolute Gasteiger partial charge is 0.297 e. The number of pyridine rings is 3. The van der Waals surface area contributed by atoms with Crippen LogP contribution in [0, 0.1) is 34.6 Å². The number of aryl methyl sites for hydroxylation is 8. The predicted molar refractivity (Wildman–Crippen MR) is 497 cm³/mol. The van der Waals surface area contributed by atoms with Gasteiger partial charge in [-0.05, 0) is 142 Å². The third-order valence-corrected chi connectivity index (χ3v) is 17.6. The monoisotopic (exact) mass is 1510 g/mol. The van der Waals surface area contributed by atoms with Gasteiger partial charge in [0.25, 0.3) is 5.65 Å². The molecule has 0 radical (unpaired) electrons. The SMILES string of the molecule is CC.CC.CC.CC.CC.CC.CC.CC.CC.CC.CC.CC.Cc1cccc2c3ccccc3c3cc[n+](C)n3c12.Cc1ccccc1-n1ccc[n+]1C.Cc1ccccc1N1C=CN(C)[C@@H]1C.Cc1ccccc1N1c2ccccc2N(C)[C@@H]1C.Cc1ccnc2c3ccccc3n3c4ccccc4[n+](C)c3c12. The van der Waals surface area contributed by atoms with Crippen molar-refractivity contribution in [3.8, 4) is 5.69 Å². The van der Waals surface area contributed by atoms with Crippen LogP contribution in [0.4, 0.5) is 22.7 Å². The van der Waals surface area contributed by atoms with Gasteiger partial charge in [-0.2, -0.15) is 4.40 Å². The molecule has 0 unspecified atom stereocenters. The Kier molecular flexibility index (Phi) is 50.1. The van der Waals surface area contributed by atoms with Crippen LogP contribution >= 0.6 is 0 Å². The van der Waals surface area contributed by atoms with Crippen LogP contribution in [0.25, 0.3) is 71.4 Å². The molecule has 11 nitrogen and oxygen atoms in total. The molecule has 8 aromatic carbocycles. The van der Waals surface area contributed by atoms with Gasteiger partial charge in [0.05, 0.1) is 35.5 Å². The molecule has 0 bridgehead atoms. The zero-order valence-electron chi connectivity index (χ0n) is 76.2. The Labute approximate surface area is 675 Å². The van der Waals surface area contributed by atoms with Gasteiger partial charge in [-0.25, -0.2) is 4.57 Å². The van der Waals surface area contributed by atoms with Crippen molar-refractivity contribution in [2.24, 2.45) is 21.1 Å². The van der Waals surface area contributed by atoms with Crippen molar-refractivity contribution in [1.82, 2.24) is 23.5 Å². The van der Waals surface area contributed by atoms with Gasteiger partial charge in [-0.1, -0.05) is 300 Å². The second kappa shape index (κ2) is 55.2. The molecule has 11 heteroatoms. The standard InChI is InChI=1S/C20H16N3.C17H15N2.C16H18N2.C12H16N2.C11H13N2.12C2H6/c1-13-11-12-21-19-14-7-3-4-8-15(14)23-17-10-6-5-9-16(17)22(2)20(23)18(13)19;1-12-6-5-9-15-13-7-3-4-8-14(13)16-10-11-18(2)19(16)17(12)15;1-12-8-4-5-9-14(12)18-13(2)17(3)15-10-6-7-11-16(15)18;1-10-6-4-5-7-12(10)14-9-8-13(3)11(14)2;1-10-6-3-4-7-11(10)13-9-5-8-12(13)2;12*1-2/h3-12H,1-2H3;3-11H,1-2H3;4-11,13H,1-3H3;4-9,11H,1-3H3;3-9H,1-2H3;12*1-2H3/q2*+1;;;+1;;;;;;;;;;;;/t;;13-;11-;;;;;;;;;;;;;/m..00............./s1. The second-order valence-electron chi connectivity index (χ2n) is 23.1. The Bertz CT molecular complexity index is 4880. The molecule has 0 N–H and O–H groups in total. The first-order valence-electron chi connectivity index (χ1n) is 42.1. The number of fused-ring (bicyclic) bond motifs is 15. The lowest BCUT2D eigenvalue weighted by atomic mass is 10.0.